The number of nitrogens with one attached hydrogen (secondary N) is 6. The molecule has 2 heterocycles. The minimum absolute atomic E-state index is 0.0150. The Morgan fingerprint density at radius 2 is 1.89 bits per heavy atom. The Labute approximate surface area is 212 Å². The third-order valence-electron chi connectivity index (χ3n) is 8.35. The number of hydrogen-bond acceptors (Lipinski definition) is 9. The summed E-state index contributed by atoms with van der Waals surface area (Å²) in [4.78, 5) is 41.1. The molecule has 5 unspecified atom stereocenters. The molecule has 0 aromatic rings. The number of nitro groups is 1. The second kappa shape index (κ2) is 12.1. The summed E-state index contributed by atoms with van der Waals surface area (Å²) in [6, 6.07) is -0.425. The highest BCUT2D eigenvalue weighted by atomic mass is 16.7. The molecule has 2 aliphatic carbocycles. The van der Waals surface area contributed by atoms with Gasteiger partial charge >= 0.3 is 0 Å². The predicted octanol–water partition coefficient (Wildman–Crippen LogP) is 0.878. The molecule has 5 atom stereocenters. The van der Waals surface area contributed by atoms with Crippen molar-refractivity contribution in [2.75, 3.05) is 13.1 Å². The van der Waals surface area contributed by atoms with E-state index in [0.29, 0.717) is 50.6 Å². The lowest BCUT2D eigenvalue weighted by Crippen LogP contribution is -2.65. The maximum Gasteiger partial charge on any atom is 0.237 e. The molecule has 4 aliphatic rings. The van der Waals surface area contributed by atoms with Gasteiger partial charge in [0.15, 0.2) is 0 Å². The predicted molar refractivity (Wildman–Crippen MR) is 132 cm³/mol. The second-order valence-electron chi connectivity index (χ2n) is 11.7. The first-order valence-electron chi connectivity index (χ1n) is 13.6. The van der Waals surface area contributed by atoms with Gasteiger partial charge in [0, 0.05) is 49.1 Å². The molecule has 4 rings (SSSR count). The van der Waals surface area contributed by atoms with Crippen LogP contribution in [0.15, 0.2) is 0 Å². The van der Waals surface area contributed by atoms with E-state index in [2.05, 4.69) is 46.1 Å². The van der Waals surface area contributed by atoms with Crippen LogP contribution in [0.25, 0.3) is 0 Å². The Morgan fingerprint density at radius 1 is 1.14 bits per heavy atom. The van der Waals surface area contributed by atoms with Crippen molar-refractivity contribution in [3.05, 3.63) is 10.1 Å². The number of hydroxylamine groups is 1. The van der Waals surface area contributed by atoms with Crippen molar-refractivity contribution < 1.29 is 19.3 Å². The van der Waals surface area contributed by atoms with E-state index in [-0.39, 0.29) is 46.6 Å². The zero-order valence-electron chi connectivity index (χ0n) is 21.5. The summed E-state index contributed by atoms with van der Waals surface area (Å²) in [5.41, 5.74) is 8.82. The highest BCUT2D eigenvalue weighted by Gasteiger charge is 2.40. The van der Waals surface area contributed by atoms with Crippen LogP contribution in [0.5, 0.6) is 0 Å². The SMILES string of the molecule is CC(C)(CNC(=O)CCC1NC(C2CCC([N+](=O)[O-])CC2)NO1)CNC1NNC(=O)C2CCCCC12. The molecule has 2 aliphatic heterocycles. The summed E-state index contributed by atoms with van der Waals surface area (Å²) in [5.74, 6) is 0.769. The number of hydrazine groups is 1. The summed E-state index contributed by atoms with van der Waals surface area (Å²) in [6.07, 6.45) is 7.72. The molecule has 2 saturated heterocycles. The average molecular weight is 510 g/mol. The minimum atomic E-state index is -0.425. The molecule has 2 amide bonds. The van der Waals surface area contributed by atoms with Crippen LogP contribution < -0.4 is 32.3 Å². The quantitative estimate of drug-likeness (QED) is 0.186. The first-order valence-corrected chi connectivity index (χ1v) is 13.6. The maximum absolute atomic E-state index is 12.5. The van der Waals surface area contributed by atoms with E-state index in [9.17, 15) is 19.7 Å². The van der Waals surface area contributed by atoms with Crippen molar-refractivity contribution in [3.8, 4) is 0 Å². The molecule has 12 heteroatoms. The third-order valence-corrected chi connectivity index (χ3v) is 8.35. The van der Waals surface area contributed by atoms with Gasteiger partial charge in [-0.1, -0.05) is 26.7 Å². The first kappa shape index (κ1) is 27.2. The van der Waals surface area contributed by atoms with Crippen LogP contribution >= 0.6 is 0 Å². The van der Waals surface area contributed by atoms with Gasteiger partial charge < -0.3 is 5.32 Å². The normalized spacial score (nSPS) is 35.1. The Morgan fingerprint density at radius 3 is 2.64 bits per heavy atom. The summed E-state index contributed by atoms with van der Waals surface area (Å²) in [6.45, 7) is 5.49. The summed E-state index contributed by atoms with van der Waals surface area (Å²) in [7, 11) is 0. The molecular formula is C24H43N7O5. The zero-order chi connectivity index (χ0) is 25.7. The van der Waals surface area contributed by atoms with Crippen molar-refractivity contribution in [1.29, 1.82) is 0 Å². The highest BCUT2D eigenvalue weighted by Crippen LogP contribution is 2.34. The van der Waals surface area contributed by atoms with E-state index in [1.54, 1.807) is 0 Å². The topological polar surface area (TPSA) is 159 Å². The van der Waals surface area contributed by atoms with E-state index < -0.39 is 6.04 Å². The van der Waals surface area contributed by atoms with Gasteiger partial charge in [-0.2, -0.15) is 5.48 Å². The van der Waals surface area contributed by atoms with Gasteiger partial charge in [0.2, 0.25) is 17.9 Å². The standard InChI is InChI=1S/C24H43N7O5/c1-24(2,14-26-22-17-5-3-4-6-18(17)23(33)29-28-22)13-25-19(32)11-12-20-27-21(30-36-20)15-7-9-16(10-8-15)31(34)35/h15-18,20-22,26-28,30H,3-14H2,1-2H3,(H,25,32)(H,29,33). The molecule has 0 aromatic carbocycles. The molecule has 0 spiro atoms. The van der Waals surface area contributed by atoms with Crippen molar-refractivity contribution in [2.24, 2.45) is 23.2 Å². The van der Waals surface area contributed by atoms with E-state index >= 15 is 0 Å². The summed E-state index contributed by atoms with van der Waals surface area (Å²) >= 11 is 0. The number of rotatable bonds is 10. The molecule has 204 valence electrons. The Kier molecular flexibility index (Phi) is 9.15. The smallest absolute Gasteiger partial charge is 0.237 e. The lowest BCUT2D eigenvalue weighted by Gasteiger charge is -2.42. The van der Waals surface area contributed by atoms with Gasteiger partial charge in [-0.3, -0.25) is 40.6 Å². The van der Waals surface area contributed by atoms with Crippen molar-refractivity contribution >= 4 is 11.8 Å². The monoisotopic (exact) mass is 509 g/mol. The van der Waals surface area contributed by atoms with Gasteiger partial charge in [0.1, 0.15) is 6.23 Å². The molecule has 12 nitrogen and oxygen atoms in total. The van der Waals surface area contributed by atoms with Gasteiger partial charge in [0.05, 0.1) is 12.3 Å². The number of hydrogen-bond donors (Lipinski definition) is 6. The number of amides is 2. The largest absolute Gasteiger partial charge is 0.356 e. The Hall–Kier alpha value is -1.86. The van der Waals surface area contributed by atoms with Gasteiger partial charge in [-0.05, 0) is 43.4 Å². The molecule has 0 aromatic heterocycles. The summed E-state index contributed by atoms with van der Waals surface area (Å²) in [5, 5.41) is 21.0. The minimum Gasteiger partial charge on any atom is -0.356 e. The second-order valence-corrected chi connectivity index (χ2v) is 11.7. The first-order chi connectivity index (χ1) is 17.2. The van der Waals surface area contributed by atoms with E-state index in [1.165, 1.54) is 0 Å². The fourth-order valence-corrected chi connectivity index (χ4v) is 6.02. The molecule has 2 saturated carbocycles. The van der Waals surface area contributed by atoms with Gasteiger partial charge in [-0.25, -0.2) is 5.43 Å². The number of carbonyl (C=O) groups is 2. The van der Waals surface area contributed by atoms with Gasteiger partial charge in [0.25, 0.3) is 0 Å². The number of fused-ring (bicyclic) bond motifs is 1. The van der Waals surface area contributed by atoms with Crippen LogP contribution in [0, 0.1) is 33.3 Å². The van der Waals surface area contributed by atoms with E-state index in [0.717, 1.165) is 38.5 Å². The molecule has 0 bridgehead atoms. The van der Waals surface area contributed by atoms with Crippen LogP contribution in [-0.2, 0) is 14.4 Å². The van der Waals surface area contributed by atoms with Crippen LogP contribution in [0.1, 0.15) is 78.1 Å². The van der Waals surface area contributed by atoms with Crippen LogP contribution in [0.3, 0.4) is 0 Å². The highest BCUT2D eigenvalue weighted by molar-refractivity contribution is 5.79. The van der Waals surface area contributed by atoms with E-state index in [4.69, 9.17) is 4.84 Å². The van der Waals surface area contributed by atoms with Crippen LogP contribution in [-0.4, -0.2) is 54.4 Å². The molecule has 36 heavy (non-hydrogen) atoms. The fraction of sp³-hybridized carbons (Fsp3) is 0.917. The molecule has 6 N–H and O–H groups in total. The Balaban J connectivity index is 1.11. The number of carbonyl (C=O) groups excluding carboxylic acids is 2. The van der Waals surface area contributed by atoms with Crippen molar-refractivity contribution in [1.82, 2.24) is 32.3 Å². The lowest BCUT2D eigenvalue weighted by atomic mass is 9.76. The van der Waals surface area contributed by atoms with Crippen molar-refractivity contribution in [3.63, 3.8) is 0 Å². The lowest BCUT2D eigenvalue weighted by molar-refractivity contribution is -0.527. The zero-order valence-corrected chi connectivity index (χ0v) is 21.5. The summed E-state index contributed by atoms with van der Waals surface area (Å²) < 4.78 is 0. The maximum atomic E-state index is 12.5. The molecular weight excluding hydrogens is 466 g/mol. The van der Waals surface area contributed by atoms with Crippen LogP contribution in [0.4, 0.5) is 0 Å². The third kappa shape index (κ3) is 7.12. The molecule has 4 fully saturated rings. The van der Waals surface area contributed by atoms with E-state index in [1.807, 2.05) is 0 Å². The fourth-order valence-electron chi connectivity index (χ4n) is 6.02. The number of nitrogens with zero attached hydrogens (tertiary/aromatic N) is 1. The Bertz CT molecular complexity index is 789. The van der Waals surface area contributed by atoms with Gasteiger partial charge in [-0.15, -0.1) is 0 Å². The van der Waals surface area contributed by atoms with Crippen LogP contribution in [0.2, 0.25) is 0 Å². The van der Waals surface area contributed by atoms with Crippen molar-refractivity contribution in [2.45, 2.75) is 103 Å². The molecule has 0 radical (unpaired) electrons. The average Bonchev–Trinajstić information content (AvgIpc) is 3.35.